The average molecular weight is 598 g/mol. The summed E-state index contributed by atoms with van der Waals surface area (Å²) in [6.45, 7) is 1.69. The van der Waals surface area contributed by atoms with Crippen molar-refractivity contribution < 1.29 is 13.9 Å². The largest absolute Gasteiger partial charge is 0.492 e. The maximum atomic E-state index is 14.7. The number of halogens is 1. The van der Waals surface area contributed by atoms with E-state index in [1.54, 1.807) is 12.3 Å². The van der Waals surface area contributed by atoms with Crippen LogP contribution in [0.2, 0.25) is 0 Å². The average Bonchev–Trinajstić information content (AvgIpc) is 3.68. The van der Waals surface area contributed by atoms with Gasteiger partial charge >= 0.3 is 0 Å². The van der Waals surface area contributed by atoms with Crippen molar-refractivity contribution in [3.05, 3.63) is 121 Å². The fourth-order valence-electron chi connectivity index (χ4n) is 5.48. The number of benzene rings is 4. The summed E-state index contributed by atoms with van der Waals surface area (Å²) in [5, 5.41) is 9.78. The molecule has 3 aromatic heterocycles. The van der Waals surface area contributed by atoms with E-state index in [0.29, 0.717) is 24.7 Å². The molecule has 0 saturated heterocycles. The monoisotopic (exact) mass is 597 g/mol. The van der Waals surface area contributed by atoms with Crippen LogP contribution in [0.4, 0.5) is 4.39 Å². The van der Waals surface area contributed by atoms with Gasteiger partial charge in [-0.2, -0.15) is 5.10 Å². The van der Waals surface area contributed by atoms with E-state index in [-0.39, 0.29) is 5.82 Å². The summed E-state index contributed by atoms with van der Waals surface area (Å²) >= 11 is 0. The molecule has 2 N–H and O–H groups in total. The Bertz CT molecular complexity index is 2100. The van der Waals surface area contributed by atoms with Crippen LogP contribution < -0.4 is 9.47 Å². The maximum Gasteiger partial charge on any atom is 0.138 e. The van der Waals surface area contributed by atoms with E-state index in [1.165, 1.54) is 6.07 Å². The SMILES string of the molecule is CN(C)CCOc1cc(F)cc(-c2cccc3[nH]c(-c4n[nH]c5ccc(-c6cncc(OCc7ccccc7)c6)cc45)cc23)c1. The van der Waals surface area contributed by atoms with Crippen molar-refractivity contribution in [2.24, 2.45) is 0 Å². The molecule has 0 spiro atoms. The Morgan fingerprint density at radius 3 is 2.47 bits per heavy atom. The standard InChI is InChI=1S/C37H32FN5O2/c1-43(2)13-14-44-29-16-26(15-28(38)19-29)31-9-6-10-34-32(31)20-36(40-34)37-33-18-25(11-12-35(33)41-42-37)27-17-30(22-39-21-27)45-23-24-7-4-3-5-8-24/h3-12,15-22,40H,13-14,23H2,1-2H3,(H,41,42). The first-order valence-corrected chi connectivity index (χ1v) is 14.8. The molecule has 0 bridgehead atoms. The van der Waals surface area contributed by atoms with E-state index >= 15 is 0 Å². The van der Waals surface area contributed by atoms with E-state index < -0.39 is 0 Å². The van der Waals surface area contributed by atoms with E-state index in [4.69, 9.17) is 9.47 Å². The predicted molar refractivity (Wildman–Crippen MR) is 177 cm³/mol. The van der Waals surface area contributed by atoms with Crippen molar-refractivity contribution in [3.8, 4) is 45.1 Å². The summed E-state index contributed by atoms with van der Waals surface area (Å²) in [6.07, 6.45) is 3.57. The predicted octanol–water partition coefficient (Wildman–Crippen LogP) is 8.10. The van der Waals surface area contributed by atoms with Crippen LogP contribution in [0, 0.1) is 5.82 Å². The highest BCUT2D eigenvalue weighted by molar-refractivity contribution is 6.02. The second-order valence-corrected chi connectivity index (χ2v) is 11.3. The summed E-state index contributed by atoms with van der Waals surface area (Å²) in [4.78, 5) is 9.99. The second kappa shape index (κ2) is 12.3. The molecule has 0 radical (unpaired) electrons. The number of H-pyrrole nitrogens is 2. The maximum absolute atomic E-state index is 14.7. The lowest BCUT2D eigenvalue weighted by Crippen LogP contribution is -2.19. The second-order valence-electron chi connectivity index (χ2n) is 11.3. The van der Waals surface area contributed by atoms with Crippen molar-refractivity contribution >= 4 is 21.8 Å². The van der Waals surface area contributed by atoms with Crippen molar-refractivity contribution in [1.29, 1.82) is 0 Å². The van der Waals surface area contributed by atoms with Gasteiger partial charge in [-0.1, -0.05) is 48.5 Å². The number of likely N-dealkylation sites (N-methyl/N-ethyl adjacent to an activating group) is 1. The molecule has 0 aliphatic rings. The zero-order chi connectivity index (χ0) is 30.8. The van der Waals surface area contributed by atoms with E-state index in [9.17, 15) is 4.39 Å². The van der Waals surface area contributed by atoms with E-state index in [1.807, 2.05) is 98.0 Å². The Kier molecular flexibility index (Phi) is 7.71. The van der Waals surface area contributed by atoms with Gasteiger partial charge in [0.15, 0.2) is 0 Å². The third kappa shape index (κ3) is 6.14. The van der Waals surface area contributed by atoms with Crippen molar-refractivity contribution in [2.45, 2.75) is 6.61 Å². The lowest BCUT2D eigenvalue weighted by Gasteiger charge is -2.12. The molecule has 224 valence electrons. The highest BCUT2D eigenvalue weighted by atomic mass is 19.1. The number of nitrogens with one attached hydrogen (secondary N) is 2. The van der Waals surface area contributed by atoms with Gasteiger partial charge in [0, 0.05) is 40.7 Å². The molecular formula is C37H32FN5O2. The van der Waals surface area contributed by atoms with Crippen LogP contribution in [0.25, 0.3) is 55.4 Å². The van der Waals surface area contributed by atoms with Crippen LogP contribution in [-0.2, 0) is 6.61 Å². The van der Waals surface area contributed by atoms with Gasteiger partial charge < -0.3 is 19.4 Å². The summed E-state index contributed by atoms with van der Waals surface area (Å²) in [7, 11) is 3.96. The molecule has 7 nitrogen and oxygen atoms in total. The highest BCUT2D eigenvalue weighted by Crippen LogP contribution is 2.36. The Morgan fingerprint density at radius 2 is 1.60 bits per heavy atom. The quantitative estimate of drug-likeness (QED) is 0.167. The zero-order valence-electron chi connectivity index (χ0n) is 25.0. The number of rotatable bonds is 10. The molecule has 45 heavy (non-hydrogen) atoms. The lowest BCUT2D eigenvalue weighted by molar-refractivity contribution is 0.260. The minimum Gasteiger partial charge on any atom is -0.492 e. The molecule has 7 aromatic rings. The van der Waals surface area contributed by atoms with Crippen molar-refractivity contribution in [3.63, 3.8) is 0 Å². The molecule has 0 saturated carbocycles. The Balaban J connectivity index is 1.20. The van der Waals surface area contributed by atoms with Gasteiger partial charge in [-0.25, -0.2) is 4.39 Å². The minimum absolute atomic E-state index is 0.338. The zero-order valence-corrected chi connectivity index (χ0v) is 25.0. The number of aromatic nitrogens is 4. The summed E-state index contributed by atoms with van der Waals surface area (Å²) < 4.78 is 26.6. The van der Waals surface area contributed by atoms with Gasteiger partial charge in [0.05, 0.1) is 17.4 Å². The number of fused-ring (bicyclic) bond motifs is 2. The highest BCUT2D eigenvalue weighted by Gasteiger charge is 2.16. The van der Waals surface area contributed by atoms with Crippen LogP contribution >= 0.6 is 0 Å². The van der Waals surface area contributed by atoms with Gasteiger partial charge in [0.2, 0.25) is 0 Å². The molecule has 0 aliphatic heterocycles. The molecular weight excluding hydrogens is 565 g/mol. The normalized spacial score (nSPS) is 11.5. The molecule has 0 amide bonds. The topological polar surface area (TPSA) is 79.1 Å². The number of ether oxygens (including phenoxy) is 2. The molecule has 7 rings (SSSR count). The van der Waals surface area contributed by atoms with Gasteiger partial charge in [0.1, 0.15) is 36.2 Å². The third-order valence-electron chi connectivity index (χ3n) is 7.77. The Labute approximate surface area is 260 Å². The number of hydrogen-bond acceptors (Lipinski definition) is 5. The van der Waals surface area contributed by atoms with Crippen LogP contribution in [0.3, 0.4) is 0 Å². The van der Waals surface area contributed by atoms with Crippen molar-refractivity contribution in [2.75, 3.05) is 27.2 Å². The number of nitrogens with zero attached hydrogens (tertiary/aromatic N) is 3. The molecule has 0 unspecified atom stereocenters. The number of pyridine rings is 1. The smallest absolute Gasteiger partial charge is 0.138 e. The molecule has 0 atom stereocenters. The van der Waals surface area contributed by atoms with Crippen LogP contribution in [0.1, 0.15) is 5.56 Å². The fraction of sp³-hybridized carbons (Fsp3) is 0.135. The Morgan fingerprint density at radius 1 is 0.733 bits per heavy atom. The van der Waals surface area contributed by atoms with Gasteiger partial charge in [-0.3, -0.25) is 10.1 Å². The third-order valence-corrected chi connectivity index (χ3v) is 7.77. The van der Waals surface area contributed by atoms with E-state index in [2.05, 4.69) is 32.3 Å². The summed E-state index contributed by atoms with van der Waals surface area (Å²) in [5.74, 6) is 0.875. The first-order chi connectivity index (χ1) is 22.0. The van der Waals surface area contributed by atoms with Crippen LogP contribution in [0.15, 0.2) is 109 Å². The van der Waals surface area contributed by atoms with Crippen LogP contribution in [-0.4, -0.2) is 52.3 Å². The fourth-order valence-corrected chi connectivity index (χ4v) is 5.48. The van der Waals surface area contributed by atoms with Crippen molar-refractivity contribution in [1.82, 2.24) is 25.1 Å². The number of hydrogen-bond donors (Lipinski definition) is 2. The van der Waals surface area contributed by atoms with Crippen LogP contribution in [0.5, 0.6) is 11.5 Å². The lowest BCUT2D eigenvalue weighted by atomic mass is 10.0. The molecule has 4 aromatic carbocycles. The minimum atomic E-state index is -0.338. The molecule has 8 heteroatoms. The number of aromatic amines is 2. The first kappa shape index (κ1) is 28.3. The first-order valence-electron chi connectivity index (χ1n) is 14.8. The molecule has 0 aliphatic carbocycles. The molecule has 0 fully saturated rings. The van der Waals surface area contributed by atoms with Gasteiger partial charge in [-0.15, -0.1) is 0 Å². The Hall–Kier alpha value is -5.47. The summed E-state index contributed by atoms with van der Waals surface area (Å²) in [5.41, 5.74) is 8.21. The van der Waals surface area contributed by atoms with Gasteiger partial charge in [-0.05, 0) is 78.8 Å². The van der Waals surface area contributed by atoms with Gasteiger partial charge in [0.25, 0.3) is 0 Å². The van der Waals surface area contributed by atoms with E-state index in [0.717, 1.165) is 67.6 Å². The summed E-state index contributed by atoms with van der Waals surface area (Å²) in [6, 6.07) is 31.2. The molecule has 3 heterocycles.